The number of hydrogen-bond donors (Lipinski definition) is 1. The third kappa shape index (κ3) is 3.48. The molecule has 4 rings (SSSR count). The number of carbonyl (C=O) groups excluding carboxylic acids is 1. The summed E-state index contributed by atoms with van der Waals surface area (Å²) in [4.78, 5) is 17.6. The molecule has 3 aliphatic rings. The second kappa shape index (κ2) is 7.98. The summed E-state index contributed by atoms with van der Waals surface area (Å²) < 4.78 is 5.22. The van der Waals surface area contributed by atoms with Crippen LogP contribution in [-0.4, -0.2) is 62.5 Å². The van der Waals surface area contributed by atoms with E-state index in [-0.39, 0.29) is 17.9 Å². The van der Waals surface area contributed by atoms with E-state index in [1.54, 1.807) is 7.11 Å². The molecule has 0 spiro atoms. The normalized spacial score (nSPS) is 24.6. The fourth-order valence-corrected chi connectivity index (χ4v) is 4.57. The molecule has 0 saturated carbocycles. The van der Waals surface area contributed by atoms with Crippen molar-refractivity contribution in [1.29, 1.82) is 0 Å². The zero-order valence-electron chi connectivity index (χ0n) is 16.4. The highest BCUT2D eigenvalue weighted by atomic mass is 16.5. The van der Waals surface area contributed by atoms with Gasteiger partial charge in [-0.3, -0.25) is 4.79 Å². The third-order valence-electron chi connectivity index (χ3n) is 6.07. The predicted molar refractivity (Wildman–Crippen MR) is 107 cm³/mol. The molecule has 3 aliphatic heterocycles. The van der Waals surface area contributed by atoms with Gasteiger partial charge in [0.1, 0.15) is 5.92 Å². The van der Waals surface area contributed by atoms with Gasteiger partial charge in [0.05, 0.1) is 17.4 Å². The largest absolute Gasteiger partial charge is 0.385 e. The van der Waals surface area contributed by atoms with Crippen molar-refractivity contribution in [3.63, 3.8) is 0 Å². The van der Waals surface area contributed by atoms with Crippen molar-refractivity contribution in [3.05, 3.63) is 29.3 Å². The monoisotopic (exact) mass is 370 g/mol. The van der Waals surface area contributed by atoms with Crippen LogP contribution in [0.15, 0.2) is 23.3 Å². The molecule has 27 heavy (non-hydrogen) atoms. The summed E-state index contributed by atoms with van der Waals surface area (Å²) in [5, 5.41) is 4.58. The van der Waals surface area contributed by atoms with Gasteiger partial charge in [-0.1, -0.05) is 6.07 Å². The summed E-state index contributed by atoms with van der Waals surface area (Å²) in [6.07, 6.45) is 4.48. The van der Waals surface area contributed by atoms with E-state index >= 15 is 0 Å². The molecule has 2 unspecified atom stereocenters. The van der Waals surface area contributed by atoms with Crippen LogP contribution in [0.5, 0.6) is 0 Å². The molecule has 3 heterocycles. The number of rotatable bonds is 7. The molecule has 1 amide bonds. The number of methoxy groups -OCH3 is 1. The van der Waals surface area contributed by atoms with Crippen molar-refractivity contribution >= 4 is 17.3 Å². The molecule has 1 aromatic rings. The zero-order chi connectivity index (χ0) is 18.8. The number of fused-ring (bicyclic) bond motifs is 3. The smallest absolute Gasteiger partial charge is 0.238 e. The van der Waals surface area contributed by atoms with Crippen molar-refractivity contribution in [2.75, 3.05) is 44.8 Å². The number of hydrazone groups is 1. The molecule has 1 fully saturated rings. The first-order valence-electron chi connectivity index (χ1n) is 10.2. The average molecular weight is 370 g/mol. The number of nitrogens with one attached hydrogen (secondary N) is 1. The van der Waals surface area contributed by atoms with Crippen molar-refractivity contribution < 1.29 is 9.53 Å². The average Bonchev–Trinajstić information content (AvgIpc) is 3.35. The van der Waals surface area contributed by atoms with E-state index in [4.69, 9.17) is 4.74 Å². The number of ether oxygens (including phenoxy) is 1. The molecule has 0 aliphatic carbocycles. The first kappa shape index (κ1) is 18.4. The van der Waals surface area contributed by atoms with Crippen LogP contribution in [0.3, 0.4) is 0 Å². The van der Waals surface area contributed by atoms with Crippen LogP contribution in [0.4, 0.5) is 5.69 Å². The Morgan fingerprint density at radius 2 is 2.11 bits per heavy atom. The van der Waals surface area contributed by atoms with Crippen molar-refractivity contribution in [2.45, 2.75) is 38.6 Å². The van der Waals surface area contributed by atoms with Gasteiger partial charge in [-0.25, -0.2) is 0 Å². The standard InChI is InChI=1S/C21H30N4O2/c1-3-25-18-7-6-15(8-12-24-10-4-5-11-24)14-16(18)20-19(21(25)26)17(22-23-20)9-13-27-2/h6-7,14,17,19,22H,3-5,8-13H2,1-2H3. The number of anilines is 1. The molecule has 2 atom stereocenters. The van der Waals surface area contributed by atoms with Gasteiger partial charge in [0.15, 0.2) is 0 Å². The highest BCUT2D eigenvalue weighted by Crippen LogP contribution is 2.36. The summed E-state index contributed by atoms with van der Waals surface area (Å²) in [6, 6.07) is 6.56. The summed E-state index contributed by atoms with van der Waals surface area (Å²) in [5.74, 6) is -0.0545. The number of hydrogen-bond acceptors (Lipinski definition) is 5. The molecule has 1 saturated heterocycles. The summed E-state index contributed by atoms with van der Waals surface area (Å²) >= 11 is 0. The van der Waals surface area contributed by atoms with Gasteiger partial charge in [-0.15, -0.1) is 0 Å². The van der Waals surface area contributed by atoms with Crippen molar-refractivity contribution in [3.8, 4) is 0 Å². The predicted octanol–water partition coefficient (Wildman–Crippen LogP) is 2.02. The highest BCUT2D eigenvalue weighted by molar-refractivity contribution is 6.24. The van der Waals surface area contributed by atoms with Crippen molar-refractivity contribution in [2.24, 2.45) is 11.0 Å². The van der Waals surface area contributed by atoms with Crippen LogP contribution < -0.4 is 10.3 Å². The Bertz CT molecular complexity index is 727. The van der Waals surface area contributed by atoms with E-state index < -0.39 is 0 Å². The quantitative estimate of drug-likeness (QED) is 0.798. The molecule has 6 heteroatoms. The lowest BCUT2D eigenvalue weighted by atomic mass is 9.83. The van der Waals surface area contributed by atoms with E-state index in [0.29, 0.717) is 13.2 Å². The minimum absolute atomic E-state index is 0.0166. The highest BCUT2D eigenvalue weighted by Gasteiger charge is 2.45. The Kier molecular flexibility index (Phi) is 5.45. The molecule has 146 valence electrons. The van der Waals surface area contributed by atoms with E-state index in [1.807, 2.05) is 11.8 Å². The van der Waals surface area contributed by atoms with Gasteiger partial charge in [-0.05, 0) is 63.4 Å². The SMILES string of the molecule is CCN1C(=O)C2C(=NNC2CCOC)c2cc(CCN3CCCC3)ccc21. The maximum atomic E-state index is 13.1. The van der Waals surface area contributed by atoms with Crippen LogP contribution in [0.25, 0.3) is 0 Å². The molecular formula is C21H30N4O2. The van der Waals surface area contributed by atoms with Crippen LogP contribution in [0, 0.1) is 5.92 Å². The maximum Gasteiger partial charge on any atom is 0.238 e. The van der Waals surface area contributed by atoms with Crippen molar-refractivity contribution in [1.82, 2.24) is 10.3 Å². The number of carbonyl (C=O) groups is 1. The minimum Gasteiger partial charge on any atom is -0.385 e. The van der Waals surface area contributed by atoms with Crippen LogP contribution >= 0.6 is 0 Å². The number of likely N-dealkylation sites (tertiary alicyclic amines) is 1. The molecule has 1 N–H and O–H groups in total. The lowest BCUT2D eigenvalue weighted by Crippen LogP contribution is -2.49. The van der Waals surface area contributed by atoms with Gasteiger partial charge in [0.2, 0.25) is 5.91 Å². The minimum atomic E-state index is -0.207. The van der Waals surface area contributed by atoms with Gasteiger partial charge in [0, 0.05) is 32.4 Å². The first-order valence-corrected chi connectivity index (χ1v) is 10.2. The Balaban J connectivity index is 1.59. The Morgan fingerprint density at radius 1 is 1.30 bits per heavy atom. The molecule has 0 aromatic heterocycles. The Morgan fingerprint density at radius 3 is 2.85 bits per heavy atom. The van der Waals surface area contributed by atoms with Crippen LogP contribution in [-0.2, 0) is 16.0 Å². The van der Waals surface area contributed by atoms with E-state index in [1.165, 1.54) is 31.5 Å². The number of nitrogens with zero attached hydrogens (tertiary/aromatic N) is 3. The van der Waals surface area contributed by atoms with Gasteiger partial charge in [0.25, 0.3) is 0 Å². The molecule has 0 bridgehead atoms. The van der Waals surface area contributed by atoms with E-state index in [9.17, 15) is 4.79 Å². The van der Waals surface area contributed by atoms with Crippen LogP contribution in [0.1, 0.15) is 37.3 Å². The fraction of sp³-hybridized carbons (Fsp3) is 0.619. The molecule has 1 aromatic carbocycles. The third-order valence-corrected chi connectivity index (χ3v) is 6.07. The number of amides is 1. The Labute approximate surface area is 161 Å². The van der Waals surface area contributed by atoms with Gasteiger partial charge >= 0.3 is 0 Å². The summed E-state index contributed by atoms with van der Waals surface area (Å²) in [7, 11) is 1.69. The first-order chi connectivity index (χ1) is 13.2. The summed E-state index contributed by atoms with van der Waals surface area (Å²) in [5.41, 5.74) is 7.55. The lowest BCUT2D eigenvalue weighted by Gasteiger charge is -2.34. The van der Waals surface area contributed by atoms with E-state index in [0.717, 1.165) is 36.3 Å². The molecular weight excluding hydrogens is 340 g/mol. The summed E-state index contributed by atoms with van der Waals surface area (Å²) in [6.45, 7) is 6.90. The molecule has 6 nitrogen and oxygen atoms in total. The number of benzene rings is 1. The second-order valence-corrected chi connectivity index (χ2v) is 7.72. The van der Waals surface area contributed by atoms with E-state index in [2.05, 4.69) is 33.6 Å². The maximum absolute atomic E-state index is 13.1. The topological polar surface area (TPSA) is 57.2 Å². The Hall–Kier alpha value is -1.92. The van der Waals surface area contributed by atoms with Gasteiger partial charge < -0.3 is 20.0 Å². The zero-order valence-corrected chi connectivity index (χ0v) is 16.4. The second-order valence-electron chi connectivity index (χ2n) is 7.72. The molecule has 0 radical (unpaired) electrons. The fourth-order valence-electron chi connectivity index (χ4n) is 4.57. The lowest BCUT2D eigenvalue weighted by molar-refractivity contribution is -0.121. The van der Waals surface area contributed by atoms with Gasteiger partial charge in [-0.2, -0.15) is 5.10 Å². The van der Waals surface area contributed by atoms with Crippen LogP contribution in [0.2, 0.25) is 0 Å².